The average molecular weight is 277 g/mol. The Morgan fingerprint density at radius 3 is 2.05 bits per heavy atom. The van der Waals surface area contributed by atoms with Crippen molar-refractivity contribution in [1.82, 2.24) is 0 Å². The number of rotatable bonds is 6. The Kier molecular flexibility index (Phi) is 4.35. The van der Waals surface area contributed by atoms with Crippen LogP contribution < -0.4 is 14.2 Å². The minimum absolute atomic E-state index is 0.221. The third-order valence-electron chi connectivity index (χ3n) is 3.63. The molecule has 1 aromatic carbocycles. The van der Waals surface area contributed by atoms with E-state index in [1.54, 1.807) is 12.1 Å². The minimum atomic E-state index is -0.650. The number of hydrogen-bond donors (Lipinski definition) is 1. The van der Waals surface area contributed by atoms with Gasteiger partial charge in [-0.25, -0.2) is 0 Å². The third kappa shape index (κ3) is 2.66. The van der Waals surface area contributed by atoms with Gasteiger partial charge in [0.2, 0.25) is 5.75 Å². The van der Waals surface area contributed by atoms with E-state index in [0.717, 1.165) is 12.8 Å². The highest BCUT2D eigenvalue weighted by atomic mass is 16.5. The number of methoxy groups -OCH3 is 3. The van der Waals surface area contributed by atoms with Crippen LogP contribution in [0.5, 0.6) is 17.2 Å². The minimum Gasteiger partial charge on any atom is -0.493 e. The van der Waals surface area contributed by atoms with E-state index < -0.39 is 12.0 Å². The molecule has 1 N–H and O–H groups in total. The molecule has 0 bridgehead atoms. The number of aliphatic hydroxyl groups is 1. The van der Waals surface area contributed by atoms with E-state index in [0.29, 0.717) is 22.8 Å². The molecule has 1 aliphatic carbocycles. The van der Waals surface area contributed by atoms with Crippen LogP contribution in [0.1, 0.15) is 24.3 Å². The standard InChI is InChI=1S/C15H19NO4/c1-18-12-6-10(7-13(19-2)15(12)20-3)11(8-16)14(17)9-4-5-9/h6-7,9,11,14,17H,4-5H2,1-3H3. The molecular formula is C15H19NO4. The van der Waals surface area contributed by atoms with Gasteiger partial charge in [0.05, 0.1) is 39.4 Å². The zero-order valence-corrected chi connectivity index (χ0v) is 11.9. The van der Waals surface area contributed by atoms with Gasteiger partial charge >= 0.3 is 0 Å². The number of hydrogen-bond acceptors (Lipinski definition) is 5. The topological polar surface area (TPSA) is 71.7 Å². The van der Waals surface area contributed by atoms with Crippen LogP contribution in [0, 0.1) is 17.2 Å². The highest BCUT2D eigenvalue weighted by molar-refractivity contribution is 5.55. The molecule has 5 heteroatoms. The van der Waals surface area contributed by atoms with Crippen molar-refractivity contribution in [2.24, 2.45) is 5.92 Å². The number of nitrogens with zero attached hydrogens (tertiary/aromatic N) is 1. The molecule has 2 unspecified atom stereocenters. The van der Waals surface area contributed by atoms with Gasteiger partial charge in [0.15, 0.2) is 11.5 Å². The summed E-state index contributed by atoms with van der Waals surface area (Å²) in [5, 5.41) is 19.6. The lowest BCUT2D eigenvalue weighted by Crippen LogP contribution is -2.19. The van der Waals surface area contributed by atoms with Crippen LogP contribution in [0.15, 0.2) is 12.1 Å². The van der Waals surface area contributed by atoms with Crippen molar-refractivity contribution >= 4 is 0 Å². The second-order valence-corrected chi connectivity index (χ2v) is 4.89. The molecule has 0 radical (unpaired) electrons. The second-order valence-electron chi connectivity index (χ2n) is 4.89. The number of benzene rings is 1. The highest BCUT2D eigenvalue weighted by Crippen LogP contribution is 2.43. The zero-order valence-electron chi connectivity index (χ0n) is 11.9. The lowest BCUT2D eigenvalue weighted by molar-refractivity contribution is 0.138. The fourth-order valence-electron chi connectivity index (χ4n) is 2.34. The summed E-state index contributed by atoms with van der Waals surface area (Å²) < 4.78 is 15.8. The molecule has 20 heavy (non-hydrogen) atoms. The summed E-state index contributed by atoms with van der Waals surface area (Å²) >= 11 is 0. The molecule has 108 valence electrons. The van der Waals surface area contributed by atoms with Crippen molar-refractivity contribution in [2.75, 3.05) is 21.3 Å². The Labute approximate surface area is 118 Å². The van der Waals surface area contributed by atoms with Gasteiger partial charge in [-0.2, -0.15) is 5.26 Å². The Balaban J connectivity index is 2.42. The van der Waals surface area contributed by atoms with E-state index in [1.807, 2.05) is 0 Å². The monoisotopic (exact) mass is 277 g/mol. The fraction of sp³-hybridized carbons (Fsp3) is 0.533. The van der Waals surface area contributed by atoms with Gasteiger partial charge in [-0.3, -0.25) is 0 Å². The predicted molar refractivity (Wildman–Crippen MR) is 73.2 cm³/mol. The second kappa shape index (κ2) is 6.02. The molecule has 0 saturated heterocycles. The van der Waals surface area contributed by atoms with Gasteiger partial charge in [0, 0.05) is 0 Å². The predicted octanol–water partition coefficient (Wildman–Crippen LogP) is 2.09. The summed E-state index contributed by atoms with van der Waals surface area (Å²) in [5.41, 5.74) is 0.682. The number of aliphatic hydroxyl groups excluding tert-OH is 1. The maximum Gasteiger partial charge on any atom is 0.203 e. The van der Waals surface area contributed by atoms with Crippen molar-refractivity contribution in [1.29, 1.82) is 5.26 Å². The first-order valence-electron chi connectivity index (χ1n) is 6.53. The maximum atomic E-state index is 10.2. The summed E-state index contributed by atoms with van der Waals surface area (Å²) in [4.78, 5) is 0. The smallest absolute Gasteiger partial charge is 0.203 e. The summed E-state index contributed by atoms with van der Waals surface area (Å²) in [6.07, 6.45) is 1.30. The van der Waals surface area contributed by atoms with Gasteiger partial charge in [-0.15, -0.1) is 0 Å². The van der Waals surface area contributed by atoms with Crippen LogP contribution in [0.3, 0.4) is 0 Å². The van der Waals surface area contributed by atoms with Crippen molar-refractivity contribution in [3.05, 3.63) is 17.7 Å². The average Bonchev–Trinajstić information content (AvgIpc) is 3.31. The molecule has 1 fully saturated rings. The fourth-order valence-corrected chi connectivity index (χ4v) is 2.34. The number of ether oxygens (including phenoxy) is 3. The van der Waals surface area contributed by atoms with E-state index in [4.69, 9.17) is 14.2 Å². The van der Waals surface area contributed by atoms with Crippen molar-refractivity contribution < 1.29 is 19.3 Å². The first-order chi connectivity index (χ1) is 9.65. The van der Waals surface area contributed by atoms with E-state index in [-0.39, 0.29) is 5.92 Å². The molecule has 1 aromatic rings. The van der Waals surface area contributed by atoms with Crippen molar-refractivity contribution in [3.8, 4) is 23.3 Å². The lowest BCUT2D eigenvalue weighted by atomic mass is 9.91. The molecule has 0 aromatic heterocycles. The maximum absolute atomic E-state index is 10.2. The number of nitriles is 1. The molecule has 0 spiro atoms. The summed E-state index contributed by atoms with van der Waals surface area (Å²) in [6, 6.07) is 5.62. The van der Waals surface area contributed by atoms with Crippen LogP contribution in [0.25, 0.3) is 0 Å². The van der Waals surface area contributed by atoms with Crippen molar-refractivity contribution in [2.45, 2.75) is 24.9 Å². The zero-order chi connectivity index (χ0) is 14.7. The van der Waals surface area contributed by atoms with Crippen LogP contribution >= 0.6 is 0 Å². The normalized spacial score (nSPS) is 16.9. The van der Waals surface area contributed by atoms with E-state index >= 15 is 0 Å². The van der Waals surface area contributed by atoms with Gasteiger partial charge in [0.1, 0.15) is 0 Å². The van der Waals surface area contributed by atoms with Gasteiger partial charge in [-0.05, 0) is 36.5 Å². The first-order valence-corrected chi connectivity index (χ1v) is 6.53. The van der Waals surface area contributed by atoms with Gasteiger partial charge in [0.25, 0.3) is 0 Å². The highest BCUT2D eigenvalue weighted by Gasteiger charge is 2.36. The van der Waals surface area contributed by atoms with Crippen LogP contribution in [-0.4, -0.2) is 32.5 Å². The molecular weight excluding hydrogens is 258 g/mol. The Morgan fingerprint density at radius 2 is 1.70 bits per heavy atom. The molecule has 0 aliphatic heterocycles. The van der Waals surface area contributed by atoms with Crippen LogP contribution in [0.2, 0.25) is 0 Å². The Bertz CT molecular complexity index is 494. The molecule has 1 aliphatic rings. The van der Waals surface area contributed by atoms with Gasteiger partial charge < -0.3 is 19.3 Å². The largest absolute Gasteiger partial charge is 0.493 e. The van der Waals surface area contributed by atoms with Crippen LogP contribution in [-0.2, 0) is 0 Å². The molecule has 5 nitrogen and oxygen atoms in total. The Hall–Kier alpha value is -1.93. The summed E-state index contributed by atoms with van der Waals surface area (Å²) in [5.74, 6) is 1.10. The third-order valence-corrected chi connectivity index (χ3v) is 3.63. The summed E-state index contributed by atoms with van der Waals surface area (Å²) in [6.45, 7) is 0. The van der Waals surface area contributed by atoms with E-state index in [9.17, 15) is 10.4 Å². The molecule has 1 saturated carbocycles. The van der Waals surface area contributed by atoms with Gasteiger partial charge in [-0.1, -0.05) is 0 Å². The molecule has 2 atom stereocenters. The quantitative estimate of drug-likeness (QED) is 0.862. The molecule has 0 heterocycles. The SMILES string of the molecule is COc1cc(C(C#N)C(O)C2CC2)cc(OC)c1OC. The molecule has 0 amide bonds. The lowest BCUT2D eigenvalue weighted by Gasteiger charge is -2.19. The van der Waals surface area contributed by atoms with E-state index in [1.165, 1.54) is 21.3 Å². The van der Waals surface area contributed by atoms with Crippen LogP contribution in [0.4, 0.5) is 0 Å². The van der Waals surface area contributed by atoms with Crippen molar-refractivity contribution in [3.63, 3.8) is 0 Å². The Morgan fingerprint density at radius 1 is 1.15 bits per heavy atom. The first kappa shape index (κ1) is 14.5. The van der Waals surface area contributed by atoms with E-state index in [2.05, 4.69) is 6.07 Å². The molecule has 2 rings (SSSR count). The summed E-state index contributed by atoms with van der Waals surface area (Å²) in [7, 11) is 4.58.